The lowest BCUT2D eigenvalue weighted by atomic mass is 10.1. The Balaban J connectivity index is 1.72. The predicted octanol–water partition coefficient (Wildman–Crippen LogP) is 5.09. The summed E-state index contributed by atoms with van der Waals surface area (Å²) < 4.78 is 5.94. The van der Waals surface area contributed by atoms with Gasteiger partial charge in [0.15, 0.2) is 0 Å². The molecule has 0 unspecified atom stereocenters. The number of ether oxygens (including phenoxy) is 1. The van der Waals surface area contributed by atoms with Crippen LogP contribution in [0.2, 0.25) is 0 Å². The summed E-state index contributed by atoms with van der Waals surface area (Å²) >= 11 is 0. The number of nitriles is 1. The maximum Gasteiger partial charge on any atom is 0.335 e. The largest absolute Gasteiger partial charge is 0.488 e. The summed E-state index contributed by atoms with van der Waals surface area (Å²) in [5, 5.41) is 18.1. The van der Waals surface area contributed by atoms with Crippen LogP contribution in [0.5, 0.6) is 5.75 Å². The number of nitrogens with zero attached hydrogens (tertiary/aromatic N) is 1. The summed E-state index contributed by atoms with van der Waals surface area (Å²) in [7, 11) is 0. The van der Waals surface area contributed by atoms with Gasteiger partial charge in [-0.05, 0) is 47.9 Å². The number of allylic oxidation sites excluding steroid dienone is 1. The number of carboxylic acid groups (broad SMARTS) is 1. The molecule has 0 aliphatic heterocycles. The Bertz CT molecular complexity index is 1020. The van der Waals surface area contributed by atoms with Crippen molar-refractivity contribution in [1.82, 2.24) is 0 Å². The topological polar surface area (TPSA) is 70.3 Å². The van der Waals surface area contributed by atoms with Gasteiger partial charge in [0.1, 0.15) is 12.4 Å². The van der Waals surface area contributed by atoms with E-state index in [1.165, 1.54) is 0 Å². The van der Waals surface area contributed by atoms with Crippen molar-refractivity contribution in [2.75, 3.05) is 0 Å². The Morgan fingerprint density at radius 1 is 1.00 bits per heavy atom. The fourth-order valence-corrected chi connectivity index (χ4v) is 2.71. The highest BCUT2D eigenvalue weighted by Crippen LogP contribution is 2.23. The Kier molecular flexibility index (Phi) is 6.22. The molecular weight excluding hydrogens is 350 g/mol. The molecule has 0 saturated heterocycles. The van der Waals surface area contributed by atoms with Gasteiger partial charge < -0.3 is 9.84 Å². The SMILES string of the molecule is N#Cc1ccc(C=CCc2ccc(C(=O)O)cc2)c(OCc2ccccc2)c1. The van der Waals surface area contributed by atoms with Gasteiger partial charge in [-0.1, -0.05) is 54.6 Å². The first-order valence-electron chi connectivity index (χ1n) is 8.85. The first-order chi connectivity index (χ1) is 13.7. The van der Waals surface area contributed by atoms with Crippen LogP contribution in [-0.2, 0) is 13.0 Å². The summed E-state index contributed by atoms with van der Waals surface area (Å²) in [6.45, 7) is 0.424. The van der Waals surface area contributed by atoms with Crippen LogP contribution in [0.4, 0.5) is 0 Å². The lowest BCUT2D eigenvalue weighted by Gasteiger charge is -2.10. The average Bonchev–Trinajstić information content (AvgIpc) is 2.74. The highest BCUT2D eigenvalue weighted by Gasteiger charge is 2.05. The zero-order chi connectivity index (χ0) is 19.8. The molecule has 0 aromatic heterocycles. The normalized spacial score (nSPS) is 10.5. The van der Waals surface area contributed by atoms with Crippen LogP contribution < -0.4 is 4.74 Å². The Hall–Kier alpha value is -3.84. The van der Waals surface area contributed by atoms with Gasteiger partial charge in [0.05, 0.1) is 17.2 Å². The van der Waals surface area contributed by atoms with Crippen molar-refractivity contribution in [3.63, 3.8) is 0 Å². The zero-order valence-corrected chi connectivity index (χ0v) is 15.2. The van der Waals surface area contributed by atoms with Crippen LogP contribution >= 0.6 is 0 Å². The molecular formula is C24H19NO3. The fourth-order valence-electron chi connectivity index (χ4n) is 2.71. The number of aromatic carboxylic acids is 1. The van der Waals surface area contributed by atoms with Crippen LogP contribution in [0.1, 0.15) is 32.6 Å². The number of benzene rings is 3. The molecule has 0 heterocycles. The highest BCUT2D eigenvalue weighted by atomic mass is 16.5. The van der Waals surface area contributed by atoms with Crippen molar-refractivity contribution >= 4 is 12.0 Å². The zero-order valence-electron chi connectivity index (χ0n) is 15.2. The molecule has 138 valence electrons. The van der Waals surface area contributed by atoms with Crippen LogP contribution in [0.3, 0.4) is 0 Å². The van der Waals surface area contributed by atoms with Gasteiger partial charge in [-0.15, -0.1) is 0 Å². The predicted molar refractivity (Wildman–Crippen MR) is 108 cm³/mol. The number of rotatable bonds is 7. The van der Waals surface area contributed by atoms with Gasteiger partial charge in [0, 0.05) is 5.56 Å². The van der Waals surface area contributed by atoms with Crippen molar-refractivity contribution in [3.8, 4) is 11.8 Å². The van der Waals surface area contributed by atoms with Gasteiger partial charge in [-0.2, -0.15) is 5.26 Å². The van der Waals surface area contributed by atoms with E-state index >= 15 is 0 Å². The van der Waals surface area contributed by atoms with Crippen LogP contribution in [0, 0.1) is 11.3 Å². The van der Waals surface area contributed by atoms with E-state index in [1.807, 2.05) is 48.6 Å². The first-order valence-corrected chi connectivity index (χ1v) is 8.85. The van der Waals surface area contributed by atoms with E-state index in [0.29, 0.717) is 24.3 Å². The van der Waals surface area contributed by atoms with Gasteiger partial charge in [-0.25, -0.2) is 4.79 Å². The van der Waals surface area contributed by atoms with Crippen molar-refractivity contribution in [3.05, 3.63) is 107 Å². The molecule has 0 aliphatic carbocycles. The first kappa shape index (κ1) is 18.9. The Morgan fingerprint density at radius 2 is 1.75 bits per heavy atom. The van der Waals surface area contributed by atoms with Crippen molar-refractivity contribution in [2.45, 2.75) is 13.0 Å². The van der Waals surface area contributed by atoms with E-state index < -0.39 is 5.97 Å². The summed E-state index contributed by atoms with van der Waals surface area (Å²) in [6.07, 6.45) is 4.61. The molecule has 3 rings (SSSR count). The Morgan fingerprint density at radius 3 is 2.43 bits per heavy atom. The van der Waals surface area contributed by atoms with E-state index in [9.17, 15) is 4.79 Å². The van der Waals surface area contributed by atoms with Crippen LogP contribution in [0.25, 0.3) is 6.08 Å². The molecule has 3 aromatic rings. The highest BCUT2D eigenvalue weighted by molar-refractivity contribution is 5.87. The molecule has 0 fully saturated rings. The van der Waals surface area contributed by atoms with Crippen LogP contribution in [0.15, 0.2) is 78.9 Å². The van der Waals surface area contributed by atoms with Crippen molar-refractivity contribution in [2.24, 2.45) is 0 Å². The summed E-state index contributed by atoms with van der Waals surface area (Å²) in [5.74, 6) is -0.278. The summed E-state index contributed by atoms with van der Waals surface area (Å²) in [5.41, 5.74) is 3.78. The van der Waals surface area contributed by atoms with E-state index in [1.54, 1.807) is 36.4 Å². The molecule has 0 amide bonds. The maximum atomic E-state index is 10.9. The smallest absolute Gasteiger partial charge is 0.335 e. The summed E-state index contributed by atoms with van der Waals surface area (Å²) in [4.78, 5) is 10.9. The van der Waals surface area contributed by atoms with E-state index in [0.717, 1.165) is 16.7 Å². The number of hydrogen-bond donors (Lipinski definition) is 1. The van der Waals surface area contributed by atoms with Gasteiger partial charge >= 0.3 is 5.97 Å². The standard InChI is InChI=1S/C24H19NO3/c25-16-20-11-12-21(23(15-20)28-17-19-5-2-1-3-6-19)8-4-7-18-9-13-22(14-10-18)24(26)27/h1-6,8-15H,7,17H2,(H,26,27). The molecule has 1 N–H and O–H groups in total. The average molecular weight is 369 g/mol. The second-order valence-electron chi connectivity index (χ2n) is 6.25. The van der Waals surface area contributed by atoms with Gasteiger partial charge in [-0.3, -0.25) is 0 Å². The van der Waals surface area contributed by atoms with Crippen molar-refractivity contribution in [1.29, 1.82) is 5.26 Å². The number of carboxylic acids is 1. The second-order valence-corrected chi connectivity index (χ2v) is 6.25. The Labute approximate surface area is 164 Å². The van der Waals surface area contributed by atoms with E-state index in [4.69, 9.17) is 15.1 Å². The molecule has 0 radical (unpaired) electrons. The molecule has 0 saturated carbocycles. The number of carbonyl (C=O) groups is 1. The fraction of sp³-hybridized carbons (Fsp3) is 0.0833. The maximum absolute atomic E-state index is 10.9. The molecule has 0 bridgehead atoms. The quantitative estimate of drug-likeness (QED) is 0.630. The third-order valence-corrected chi connectivity index (χ3v) is 4.23. The summed E-state index contributed by atoms with van der Waals surface area (Å²) in [6, 6.07) is 24.2. The van der Waals surface area contributed by atoms with Gasteiger partial charge in [0.25, 0.3) is 0 Å². The molecule has 0 atom stereocenters. The van der Waals surface area contributed by atoms with Crippen LogP contribution in [-0.4, -0.2) is 11.1 Å². The molecule has 28 heavy (non-hydrogen) atoms. The van der Waals surface area contributed by atoms with Gasteiger partial charge in [0.2, 0.25) is 0 Å². The molecule has 4 heteroatoms. The minimum atomic E-state index is -0.931. The molecule has 3 aromatic carbocycles. The lowest BCUT2D eigenvalue weighted by molar-refractivity contribution is 0.0697. The molecule has 0 aliphatic rings. The third kappa shape index (κ3) is 5.09. The van der Waals surface area contributed by atoms with E-state index in [-0.39, 0.29) is 5.56 Å². The molecule has 0 spiro atoms. The number of hydrogen-bond acceptors (Lipinski definition) is 3. The lowest BCUT2D eigenvalue weighted by Crippen LogP contribution is -1.97. The van der Waals surface area contributed by atoms with Crippen molar-refractivity contribution < 1.29 is 14.6 Å². The monoisotopic (exact) mass is 369 g/mol. The second kappa shape index (κ2) is 9.20. The van der Waals surface area contributed by atoms with E-state index in [2.05, 4.69) is 6.07 Å². The minimum absolute atomic E-state index is 0.274. The minimum Gasteiger partial charge on any atom is -0.488 e. The molecule has 4 nitrogen and oxygen atoms in total. The third-order valence-electron chi connectivity index (χ3n) is 4.23.